The van der Waals surface area contributed by atoms with E-state index in [2.05, 4.69) is 14.9 Å². The van der Waals surface area contributed by atoms with E-state index in [1.165, 1.54) is 29.5 Å². The van der Waals surface area contributed by atoms with E-state index in [0.29, 0.717) is 29.2 Å². The molecule has 0 radical (unpaired) electrons. The maximum Gasteiger partial charge on any atom is 0.414 e. The molecule has 4 heterocycles. The van der Waals surface area contributed by atoms with Crippen LogP contribution in [-0.4, -0.2) is 62.8 Å². The number of nitrogens with zero attached hydrogens (tertiary/aromatic N) is 4. The molecule has 0 saturated carbocycles. The Bertz CT molecular complexity index is 1740. The van der Waals surface area contributed by atoms with Gasteiger partial charge in [0.05, 0.1) is 21.7 Å². The van der Waals surface area contributed by atoms with Crippen LogP contribution in [0.1, 0.15) is 53.6 Å². The van der Waals surface area contributed by atoms with E-state index in [1.807, 2.05) is 0 Å². The fourth-order valence-electron chi connectivity index (χ4n) is 7.22. The lowest BCUT2D eigenvalue weighted by Gasteiger charge is -2.45. The number of H-pyrrole nitrogens is 1. The summed E-state index contributed by atoms with van der Waals surface area (Å²) < 4.78 is 15.3. The second kappa shape index (κ2) is 10.6. The van der Waals surface area contributed by atoms with Crippen LogP contribution in [0.15, 0.2) is 60.7 Å². The van der Waals surface area contributed by atoms with Crippen LogP contribution in [0.5, 0.6) is 0 Å². The normalized spacial score (nSPS) is 23.8. The fourth-order valence-corrected chi connectivity index (χ4v) is 7.39. The van der Waals surface area contributed by atoms with Crippen molar-refractivity contribution in [3.05, 3.63) is 88.2 Å². The molecule has 3 aliphatic heterocycles. The lowest BCUT2D eigenvalue weighted by Crippen LogP contribution is -2.51. The van der Waals surface area contributed by atoms with Gasteiger partial charge in [0.2, 0.25) is 5.95 Å². The number of hydrogen-bond acceptors (Lipinski definition) is 5. The first kappa shape index (κ1) is 27.8. The molecule has 2 saturated heterocycles. The average molecular weight is 604 g/mol. The largest absolute Gasteiger partial charge is 0.465 e. The van der Waals surface area contributed by atoms with Crippen LogP contribution in [0.3, 0.4) is 0 Å². The highest BCUT2D eigenvalue weighted by Gasteiger charge is 2.51. The number of imidazole rings is 1. The highest BCUT2D eigenvalue weighted by Crippen LogP contribution is 2.46. The number of aromatic amines is 1. The number of carbonyl (C=O) groups excluding carboxylic acids is 1. The molecule has 0 aliphatic carbocycles. The van der Waals surface area contributed by atoms with Gasteiger partial charge in [0.25, 0.3) is 5.91 Å². The van der Waals surface area contributed by atoms with E-state index < -0.39 is 23.5 Å². The molecule has 3 aromatic carbocycles. The van der Waals surface area contributed by atoms with Crippen molar-refractivity contribution in [2.75, 3.05) is 29.4 Å². The molecule has 3 atom stereocenters. The zero-order chi connectivity index (χ0) is 29.9. The van der Waals surface area contributed by atoms with Crippen LogP contribution in [0.25, 0.3) is 11.0 Å². The summed E-state index contributed by atoms with van der Waals surface area (Å²) in [5.74, 6) is -1.01. The van der Waals surface area contributed by atoms with Crippen LogP contribution >= 0.6 is 11.6 Å². The number of rotatable bonds is 5. The third-order valence-electron chi connectivity index (χ3n) is 9.24. The molecular weight excluding hydrogens is 573 g/mol. The van der Waals surface area contributed by atoms with Crippen molar-refractivity contribution in [1.29, 1.82) is 0 Å². The Morgan fingerprint density at radius 3 is 2.74 bits per heavy atom. The highest BCUT2D eigenvalue weighted by atomic mass is 35.5. The zero-order valence-corrected chi connectivity index (χ0v) is 24.1. The highest BCUT2D eigenvalue weighted by molar-refractivity contribution is 6.31. The molecule has 1 aromatic heterocycles. The summed E-state index contributed by atoms with van der Waals surface area (Å²) in [4.78, 5) is 38.6. The van der Waals surface area contributed by atoms with Crippen LogP contribution in [0.2, 0.25) is 5.02 Å². The number of carboxylic acid groups (broad SMARTS) is 1. The molecule has 0 spiro atoms. The molecule has 7 rings (SSSR count). The van der Waals surface area contributed by atoms with E-state index in [4.69, 9.17) is 11.6 Å². The number of carbonyl (C=O) groups is 2. The molecular formula is C32H31ClFN5O4. The molecule has 2 amide bonds. The van der Waals surface area contributed by atoms with Crippen LogP contribution in [-0.2, 0) is 5.72 Å². The molecule has 3 unspecified atom stereocenters. The van der Waals surface area contributed by atoms with Crippen molar-refractivity contribution in [3.8, 4) is 0 Å². The van der Waals surface area contributed by atoms with E-state index >= 15 is 4.39 Å². The number of benzene rings is 3. The van der Waals surface area contributed by atoms with Gasteiger partial charge in [-0.1, -0.05) is 48.4 Å². The van der Waals surface area contributed by atoms with Gasteiger partial charge in [-0.25, -0.2) is 19.1 Å². The Kier molecular flexibility index (Phi) is 6.87. The number of piperidine rings is 2. The van der Waals surface area contributed by atoms with Crippen molar-refractivity contribution in [2.24, 2.45) is 5.92 Å². The van der Waals surface area contributed by atoms with Gasteiger partial charge >= 0.3 is 6.09 Å². The third kappa shape index (κ3) is 4.47. The van der Waals surface area contributed by atoms with Crippen molar-refractivity contribution in [1.82, 2.24) is 14.9 Å². The third-order valence-corrected chi connectivity index (χ3v) is 9.53. The van der Waals surface area contributed by atoms with Gasteiger partial charge in [0.15, 0.2) is 11.5 Å². The van der Waals surface area contributed by atoms with Crippen LogP contribution in [0.4, 0.5) is 20.8 Å². The maximum atomic E-state index is 15.3. The van der Waals surface area contributed by atoms with E-state index in [0.717, 1.165) is 43.7 Å². The Balaban J connectivity index is 1.28. The van der Waals surface area contributed by atoms with E-state index in [9.17, 15) is 19.8 Å². The topological polar surface area (TPSA) is 113 Å². The van der Waals surface area contributed by atoms with Gasteiger partial charge in [-0.05, 0) is 75.0 Å². The van der Waals surface area contributed by atoms with Crippen LogP contribution < -0.4 is 9.80 Å². The Hall–Kier alpha value is -3.99. The van der Waals surface area contributed by atoms with Crippen molar-refractivity contribution >= 4 is 46.3 Å². The number of amides is 2. The second-order valence-corrected chi connectivity index (χ2v) is 12.0. The summed E-state index contributed by atoms with van der Waals surface area (Å²) >= 11 is 6.07. The average Bonchev–Trinajstić information content (AvgIpc) is 3.54. The lowest BCUT2D eigenvalue weighted by atomic mass is 9.83. The molecule has 43 heavy (non-hydrogen) atoms. The summed E-state index contributed by atoms with van der Waals surface area (Å²) in [6, 6.07) is 16.1. The van der Waals surface area contributed by atoms with Gasteiger partial charge in [0, 0.05) is 29.3 Å². The molecule has 3 aliphatic rings. The number of aromatic nitrogens is 2. The number of nitrogens with one attached hydrogen (secondary N) is 1. The standard InChI is InChI=1S/C32H31ClFN5O4/c33-23-10-5-12-27(28(23)34)39-29(40)21-8-1-2-9-22(21)32(39,43)20-13-14-24-25(17-20)36-30(35-24)38(31(41)42)18-19-7-6-16-37-15-4-3-11-26(19)37/h1-2,5,8-10,12-14,17,19,26,43H,3-4,6-7,11,15-16,18H2,(H,35,36)(H,41,42). The molecule has 3 N–H and O–H groups in total. The molecule has 4 aromatic rings. The predicted octanol–water partition coefficient (Wildman–Crippen LogP) is 5.96. The first-order valence-electron chi connectivity index (χ1n) is 14.6. The summed E-state index contributed by atoms with van der Waals surface area (Å²) in [5.41, 5.74) is -0.468. The van der Waals surface area contributed by atoms with Crippen LogP contribution in [0, 0.1) is 11.7 Å². The smallest absolute Gasteiger partial charge is 0.414 e. The molecule has 0 bridgehead atoms. The van der Waals surface area contributed by atoms with Gasteiger partial charge in [-0.3, -0.25) is 9.69 Å². The SMILES string of the molecule is O=C(O)N(CC1CCCN2CCCCC12)c1nc2ccc(C3(O)c4ccccc4C(=O)N3c3cccc(Cl)c3F)cc2[nH]1. The van der Waals surface area contributed by atoms with Gasteiger partial charge in [-0.2, -0.15) is 0 Å². The van der Waals surface area contributed by atoms with E-state index in [1.54, 1.807) is 42.5 Å². The molecule has 11 heteroatoms. The number of hydrogen-bond donors (Lipinski definition) is 3. The van der Waals surface area contributed by atoms with Crippen molar-refractivity contribution in [3.63, 3.8) is 0 Å². The zero-order valence-electron chi connectivity index (χ0n) is 23.3. The quantitative estimate of drug-likeness (QED) is 0.260. The first-order valence-corrected chi connectivity index (χ1v) is 15.0. The Morgan fingerprint density at radius 2 is 1.91 bits per heavy atom. The summed E-state index contributed by atoms with van der Waals surface area (Å²) in [5, 5.41) is 22.4. The van der Waals surface area contributed by atoms with Gasteiger partial charge in [-0.15, -0.1) is 0 Å². The molecule has 9 nitrogen and oxygen atoms in total. The first-order chi connectivity index (χ1) is 20.8. The Labute approximate surface area is 252 Å². The number of fused-ring (bicyclic) bond motifs is 3. The fraction of sp³-hybridized carbons (Fsp3) is 0.344. The maximum absolute atomic E-state index is 15.3. The number of aliphatic hydroxyl groups is 1. The summed E-state index contributed by atoms with van der Waals surface area (Å²) in [6.07, 6.45) is 4.32. The lowest BCUT2D eigenvalue weighted by molar-refractivity contribution is 0.0621. The van der Waals surface area contributed by atoms with Crippen molar-refractivity contribution in [2.45, 2.75) is 43.9 Å². The number of halogens is 2. The minimum absolute atomic E-state index is 0.164. The van der Waals surface area contributed by atoms with Crippen molar-refractivity contribution < 1.29 is 24.2 Å². The second-order valence-electron chi connectivity index (χ2n) is 11.6. The molecule has 2 fully saturated rings. The molecule has 222 valence electrons. The summed E-state index contributed by atoms with van der Waals surface area (Å²) in [6.45, 7) is 2.45. The van der Waals surface area contributed by atoms with E-state index in [-0.39, 0.29) is 33.7 Å². The summed E-state index contributed by atoms with van der Waals surface area (Å²) in [7, 11) is 0. The Morgan fingerprint density at radius 1 is 1.09 bits per heavy atom. The van der Waals surface area contributed by atoms with Gasteiger partial charge in [0.1, 0.15) is 0 Å². The minimum atomic E-state index is -2.07. The number of anilines is 2. The minimum Gasteiger partial charge on any atom is -0.465 e. The predicted molar refractivity (Wildman–Crippen MR) is 161 cm³/mol. The van der Waals surface area contributed by atoms with Gasteiger partial charge < -0.3 is 20.1 Å². The monoisotopic (exact) mass is 603 g/mol.